The number of allylic oxidation sites excluding steroid dienone is 2. The molecule has 41 heavy (non-hydrogen) atoms. The Labute approximate surface area is 257 Å². The summed E-state index contributed by atoms with van der Waals surface area (Å²) in [5.74, 6) is 1.69. The van der Waals surface area contributed by atoms with Crippen molar-refractivity contribution in [3.63, 3.8) is 0 Å². The molecule has 5 rings (SSSR count). The van der Waals surface area contributed by atoms with Crippen LogP contribution in [0.4, 0.5) is 0 Å². The van der Waals surface area contributed by atoms with Crippen LogP contribution in [0.25, 0.3) is 22.2 Å². The molecule has 3 aliphatic rings. The van der Waals surface area contributed by atoms with Gasteiger partial charge >= 0.3 is 16.5 Å². The molecule has 0 amide bonds. The molecule has 0 unspecified atom stereocenters. The molecular formula is C36H48N4Ni. The molecule has 4 atom stereocenters. The van der Waals surface area contributed by atoms with Gasteiger partial charge in [-0.1, -0.05) is 104 Å². The topological polar surface area (TPSA) is 54.0 Å². The predicted octanol–water partition coefficient (Wildman–Crippen LogP) is 9.52. The average molecular weight is 596 g/mol. The van der Waals surface area contributed by atoms with Gasteiger partial charge in [0.1, 0.15) is 0 Å². The van der Waals surface area contributed by atoms with Crippen LogP contribution in [0.3, 0.4) is 0 Å². The Morgan fingerprint density at radius 1 is 0.512 bits per heavy atom. The predicted molar refractivity (Wildman–Crippen MR) is 169 cm³/mol. The fraction of sp³-hybridized carbons (Fsp3) is 0.556. The Hall–Kier alpha value is -2.39. The number of hydrogen-bond acceptors (Lipinski definition) is 2. The summed E-state index contributed by atoms with van der Waals surface area (Å²) in [6, 6.07) is 9.26. The normalized spacial score (nSPS) is 21.2. The third-order valence-corrected chi connectivity index (χ3v) is 9.77. The molecule has 222 valence electrons. The van der Waals surface area contributed by atoms with Gasteiger partial charge in [-0.15, -0.1) is 11.0 Å². The van der Waals surface area contributed by atoms with Crippen molar-refractivity contribution in [3.8, 4) is 0 Å². The first-order chi connectivity index (χ1) is 19.5. The van der Waals surface area contributed by atoms with E-state index in [1.165, 1.54) is 45.0 Å². The number of aryl methyl sites for hydroxylation is 2. The van der Waals surface area contributed by atoms with Crippen molar-refractivity contribution in [2.75, 3.05) is 0 Å². The first-order valence-electron chi connectivity index (χ1n) is 16.1. The van der Waals surface area contributed by atoms with Crippen LogP contribution in [-0.2, 0) is 29.3 Å². The maximum atomic E-state index is 5.35. The fourth-order valence-corrected chi connectivity index (χ4v) is 7.75. The van der Waals surface area contributed by atoms with E-state index in [4.69, 9.17) is 19.9 Å². The van der Waals surface area contributed by atoms with E-state index in [-0.39, 0.29) is 16.5 Å². The van der Waals surface area contributed by atoms with Crippen LogP contribution in [0.5, 0.6) is 0 Å². The largest absolute Gasteiger partial charge is 2.00 e. The molecule has 5 heterocycles. The number of rotatable bonds is 8. The van der Waals surface area contributed by atoms with Crippen LogP contribution in [0.2, 0.25) is 0 Å². The van der Waals surface area contributed by atoms with E-state index in [0.29, 0.717) is 23.7 Å². The summed E-state index contributed by atoms with van der Waals surface area (Å²) in [6.07, 6.45) is 8.22. The van der Waals surface area contributed by atoms with Gasteiger partial charge in [0.05, 0.1) is 11.4 Å². The minimum Gasteiger partial charge on any atom is -0.664 e. The summed E-state index contributed by atoms with van der Waals surface area (Å²) in [5.41, 5.74) is 14.6. The SMILES string of the molecule is CCC1=C(CC)c2cc3[n-]c(cc4nc(cc5[n-]c(cc1n2)[C@H](CC)[C@H]5CC)[C@@H](CC)[C@@H]4CC)c(CC)c3CC.[Ni+2]. The van der Waals surface area contributed by atoms with E-state index in [2.05, 4.69) is 79.7 Å². The van der Waals surface area contributed by atoms with Gasteiger partial charge in [-0.3, -0.25) is 4.98 Å². The Balaban J connectivity index is 0.00000387. The van der Waals surface area contributed by atoms with Crippen LogP contribution in [0.1, 0.15) is 163 Å². The van der Waals surface area contributed by atoms with Crippen LogP contribution >= 0.6 is 0 Å². The molecule has 2 aromatic heterocycles. The van der Waals surface area contributed by atoms with Gasteiger partial charge in [0.2, 0.25) is 0 Å². The molecule has 3 aliphatic heterocycles. The molecule has 0 aliphatic carbocycles. The van der Waals surface area contributed by atoms with E-state index >= 15 is 0 Å². The maximum absolute atomic E-state index is 5.35. The van der Waals surface area contributed by atoms with Crippen molar-refractivity contribution in [3.05, 3.63) is 69.6 Å². The van der Waals surface area contributed by atoms with Gasteiger partial charge in [0.15, 0.2) is 0 Å². The first kappa shape index (κ1) is 31.5. The monoisotopic (exact) mass is 594 g/mol. The Bertz CT molecular complexity index is 1470. The summed E-state index contributed by atoms with van der Waals surface area (Å²) >= 11 is 0. The second-order valence-electron chi connectivity index (χ2n) is 11.7. The van der Waals surface area contributed by atoms with Crippen LogP contribution in [0, 0.1) is 0 Å². The van der Waals surface area contributed by atoms with Crippen molar-refractivity contribution in [1.29, 1.82) is 0 Å². The zero-order valence-corrected chi connectivity index (χ0v) is 27.4. The first-order valence-corrected chi connectivity index (χ1v) is 16.1. The fourth-order valence-electron chi connectivity index (χ4n) is 7.75. The molecule has 0 spiro atoms. The van der Waals surface area contributed by atoms with Gasteiger partial charge in [-0.05, 0) is 61.5 Å². The Kier molecular flexibility index (Phi) is 10.2. The third kappa shape index (κ3) is 5.44. The molecule has 5 heteroatoms. The molecule has 8 bridgehead atoms. The van der Waals surface area contributed by atoms with Crippen LogP contribution < -0.4 is 9.97 Å². The van der Waals surface area contributed by atoms with Crippen LogP contribution in [-0.4, -0.2) is 9.97 Å². The van der Waals surface area contributed by atoms with Crippen molar-refractivity contribution < 1.29 is 16.5 Å². The Morgan fingerprint density at radius 3 is 1.46 bits per heavy atom. The standard InChI is InChI=1S/C36H48N4.Ni/c1-9-21-22(10-2)30-18-32-25(13-5)26(14-6)34(39-32)20-36-28(16-8)27(15-7)35(40-36)19-33-24(12-4)23(11-3)31(38-33)17-29(21)37-30;/h17-24H,9-16H2,1-8H3;/q-2;+2/t21-,22-,23+,24+;/m1./s1. The summed E-state index contributed by atoms with van der Waals surface area (Å²) in [6.45, 7) is 18.3. The van der Waals surface area contributed by atoms with E-state index in [1.807, 2.05) is 0 Å². The zero-order chi connectivity index (χ0) is 28.6. The molecular weight excluding hydrogens is 547 g/mol. The molecule has 0 radical (unpaired) electrons. The van der Waals surface area contributed by atoms with Crippen molar-refractivity contribution in [2.45, 2.75) is 130 Å². The summed E-state index contributed by atoms with van der Waals surface area (Å²) in [7, 11) is 0. The molecule has 0 aromatic carbocycles. The molecule has 0 N–H and O–H groups in total. The summed E-state index contributed by atoms with van der Waals surface area (Å²) in [4.78, 5) is 21.3. The minimum absolute atomic E-state index is 0. The third-order valence-electron chi connectivity index (χ3n) is 9.77. The molecule has 0 saturated heterocycles. The van der Waals surface area contributed by atoms with Crippen molar-refractivity contribution in [1.82, 2.24) is 19.9 Å². The van der Waals surface area contributed by atoms with Gasteiger partial charge in [0, 0.05) is 23.2 Å². The number of aromatic nitrogens is 4. The second-order valence-corrected chi connectivity index (χ2v) is 11.7. The van der Waals surface area contributed by atoms with E-state index in [1.54, 1.807) is 0 Å². The number of nitrogens with zero attached hydrogens (tertiary/aromatic N) is 4. The molecule has 0 saturated carbocycles. The number of hydrogen-bond donors (Lipinski definition) is 0. The van der Waals surface area contributed by atoms with Crippen molar-refractivity contribution >= 4 is 22.2 Å². The smallest absolute Gasteiger partial charge is 0.664 e. The summed E-state index contributed by atoms with van der Waals surface area (Å²) < 4.78 is 0. The quantitative estimate of drug-likeness (QED) is 0.285. The zero-order valence-electron chi connectivity index (χ0n) is 26.4. The summed E-state index contributed by atoms with van der Waals surface area (Å²) in [5, 5.41) is 0. The molecule has 2 aromatic rings. The number of fused-ring (bicyclic) bond motifs is 8. The van der Waals surface area contributed by atoms with Gasteiger partial charge in [0.25, 0.3) is 0 Å². The average Bonchev–Trinajstić information content (AvgIpc) is 3.67. The van der Waals surface area contributed by atoms with E-state index in [9.17, 15) is 0 Å². The van der Waals surface area contributed by atoms with Gasteiger partial charge in [-0.25, -0.2) is 4.98 Å². The molecule has 0 fully saturated rings. The van der Waals surface area contributed by atoms with Crippen molar-refractivity contribution in [2.24, 2.45) is 0 Å². The minimum atomic E-state index is 0. The molecule has 4 nitrogen and oxygen atoms in total. The van der Waals surface area contributed by atoms with E-state index < -0.39 is 0 Å². The Morgan fingerprint density at radius 2 is 0.976 bits per heavy atom. The van der Waals surface area contributed by atoms with Gasteiger partial charge in [-0.2, -0.15) is 11.4 Å². The maximum Gasteiger partial charge on any atom is 2.00 e. The van der Waals surface area contributed by atoms with Crippen LogP contribution in [0.15, 0.2) is 24.3 Å². The second kappa shape index (κ2) is 13.3. The van der Waals surface area contributed by atoms with Gasteiger partial charge < -0.3 is 9.97 Å². The van der Waals surface area contributed by atoms with E-state index in [0.717, 1.165) is 73.8 Å².